The van der Waals surface area contributed by atoms with Gasteiger partial charge < -0.3 is 0 Å². The molecule has 0 radical (unpaired) electrons. The smallest absolute Gasteiger partial charge is 0.160 e. The molecule has 2 heteroatoms. The first-order valence-electron chi connectivity index (χ1n) is 19.8. The molecule has 0 aliphatic rings. The first kappa shape index (κ1) is 33.6. The summed E-state index contributed by atoms with van der Waals surface area (Å²) in [5.74, 6) is 0.701. The maximum Gasteiger partial charge on any atom is 0.160 e. The molecule has 10 aromatic carbocycles. The van der Waals surface area contributed by atoms with E-state index in [0.29, 0.717) is 5.82 Å². The largest absolute Gasteiger partial charge is 0.228 e. The highest BCUT2D eigenvalue weighted by Gasteiger charge is 2.16. The molecule has 270 valence electrons. The number of rotatable bonds is 6. The number of hydrogen-bond donors (Lipinski definition) is 0. The average molecular weight is 737 g/mol. The van der Waals surface area contributed by atoms with Crippen molar-refractivity contribution in [2.75, 3.05) is 0 Å². The molecular formula is C56H36N2. The van der Waals surface area contributed by atoms with Crippen molar-refractivity contribution < 1.29 is 0 Å². The third-order valence-corrected chi connectivity index (χ3v) is 11.4. The van der Waals surface area contributed by atoms with Crippen LogP contribution in [0.5, 0.6) is 0 Å². The fourth-order valence-corrected chi connectivity index (χ4v) is 8.59. The van der Waals surface area contributed by atoms with E-state index in [1.807, 2.05) is 0 Å². The van der Waals surface area contributed by atoms with Gasteiger partial charge >= 0.3 is 0 Å². The van der Waals surface area contributed by atoms with E-state index in [9.17, 15) is 0 Å². The molecule has 0 spiro atoms. The van der Waals surface area contributed by atoms with Gasteiger partial charge in [-0.1, -0.05) is 176 Å². The molecule has 1 heterocycles. The minimum atomic E-state index is 0.701. The van der Waals surface area contributed by atoms with Gasteiger partial charge in [0.05, 0.1) is 11.2 Å². The number of hydrogen-bond acceptors (Lipinski definition) is 2. The summed E-state index contributed by atoms with van der Waals surface area (Å²) >= 11 is 0. The Bertz CT molecular complexity index is 3240. The van der Waals surface area contributed by atoms with Crippen molar-refractivity contribution in [1.29, 1.82) is 0 Å². The van der Waals surface area contributed by atoms with Crippen molar-refractivity contribution in [3.8, 4) is 67.2 Å². The van der Waals surface area contributed by atoms with Crippen LogP contribution in [0.25, 0.3) is 110 Å². The Labute approximate surface area is 337 Å². The van der Waals surface area contributed by atoms with Crippen LogP contribution in [0, 0.1) is 0 Å². The Kier molecular flexibility index (Phi) is 8.19. The van der Waals surface area contributed by atoms with Gasteiger partial charge in [-0.3, -0.25) is 0 Å². The molecule has 58 heavy (non-hydrogen) atoms. The lowest BCUT2D eigenvalue weighted by Gasteiger charge is -2.14. The van der Waals surface area contributed by atoms with Gasteiger partial charge in [0.15, 0.2) is 5.82 Å². The summed E-state index contributed by atoms with van der Waals surface area (Å²) in [7, 11) is 0. The van der Waals surface area contributed by atoms with Crippen LogP contribution in [0.3, 0.4) is 0 Å². The zero-order chi connectivity index (χ0) is 38.4. The summed E-state index contributed by atoms with van der Waals surface area (Å²) in [5, 5.41) is 8.71. The van der Waals surface area contributed by atoms with Crippen molar-refractivity contribution in [3.05, 3.63) is 218 Å². The minimum absolute atomic E-state index is 0.701. The second-order valence-electron chi connectivity index (χ2n) is 15.0. The Balaban J connectivity index is 1.02. The maximum atomic E-state index is 5.38. The van der Waals surface area contributed by atoms with E-state index >= 15 is 0 Å². The van der Waals surface area contributed by atoms with E-state index in [4.69, 9.17) is 9.97 Å². The lowest BCUT2D eigenvalue weighted by atomic mass is 9.91. The van der Waals surface area contributed by atoms with Crippen LogP contribution in [-0.2, 0) is 0 Å². The normalized spacial score (nSPS) is 11.4. The molecule has 0 amide bonds. The van der Waals surface area contributed by atoms with E-state index in [-0.39, 0.29) is 0 Å². The third kappa shape index (κ3) is 6.00. The molecule has 0 bridgehead atoms. The molecule has 0 N–H and O–H groups in total. The zero-order valence-electron chi connectivity index (χ0n) is 31.7. The van der Waals surface area contributed by atoms with Crippen molar-refractivity contribution in [2.45, 2.75) is 0 Å². The Morgan fingerprint density at radius 1 is 0.207 bits per heavy atom. The van der Waals surface area contributed by atoms with Crippen LogP contribution in [0.1, 0.15) is 0 Å². The molecule has 0 atom stereocenters. The number of fused-ring (bicyclic) bond motifs is 7. The van der Waals surface area contributed by atoms with E-state index in [2.05, 4.69) is 218 Å². The molecule has 0 aliphatic heterocycles. The summed E-state index contributed by atoms with van der Waals surface area (Å²) in [6.07, 6.45) is 0. The van der Waals surface area contributed by atoms with Crippen LogP contribution in [0.15, 0.2) is 218 Å². The zero-order valence-corrected chi connectivity index (χ0v) is 31.7. The summed E-state index contributed by atoms with van der Waals surface area (Å²) in [4.78, 5) is 10.5. The predicted molar refractivity (Wildman–Crippen MR) is 245 cm³/mol. The van der Waals surface area contributed by atoms with Gasteiger partial charge in [-0.15, -0.1) is 0 Å². The molecular weight excluding hydrogens is 701 g/mol. The van der Waals surface area contributed by atoms with Gasteiger partial charge in [-0.05, 0) is 119 Å². The summed E-state index contributed by atoms with van der Waals surface area (Å²) in [6, 6.07) is 78.3. The highest BCUT2D eigenvalue weighted by Crippen LogP contribution is 2.39. The number of benzene rings is 10. The van der Waals surface area contributed by atoms with Crippen molar-refractivity contribution in [1.82, 2.24) is 9.97 Å². The first-order valence-corrected chi connectivity index (χ1v) is 19.8. The Morgan fingerprint density at radius 3 is 1.19 bits per heavy atom. The van der Waals surface area contributed by atoms with Gasteiger partial charge in [0, 0.05) is 16.5 Å². The van der Waals surface area contributed by atoms with Crippen LogP contribution < -0.4 is 0 Å². The summed E-state index contributed by atoms with van der Waals surface area (Å²) < 4.78 is 0. The minimum Gasteiger partial charge on any atom is -0.228 e. The lowest BCUT2D eigenvalue weighted by Crippen LogP contribution is -1.96. The monoisotopic (exact) mass is 736 g/mol. The lowest BCUT2D eigenvalue weighted by molar-refractivity contribution is 1.23. The third-order valence-electron chi connectivity index (χ3n) is 11.4. The quantitative estimate of drug-likeness (QED) is 0.159. The number of para-hydroxylation sites is 1. The predicted octanol–water partition coefficient (Wildman–Crippen LogP) is 15.1. The highest BCUT2D eigenvalue weighted by molar-refractivity contribution is 6.25. The topological polar surface area (TPSA) is 25.8 Å². The van der Waals surface area contributed by atoms with Crippen LogP contribution in [0.4, 0.5) is 0 Å². The van der Waals surface area contributed by atoms with E-state index in [0.717, 1.165) is 50.0 Å². The Morgan fingerprint density at radius 2 is 0.603 bits per heavy atom. The van der Waals surface area contributed by atoms with Crippen molar-refractivity contribution >= 4 is 43.2 Å². The van der Waals surface area contributed by atoms with Gasteiger partial charge in [0.2, 0.25) is 0 Å². The van der Waals surface area contributed by atoms with Crippen molar-refractivity contribution in [2.24, 2.45) is 0 Å². The van der Waals surface area contributed by atoms with Crippen LogP contribution in [-0.4, -0.2) is 9.97 Å². The number of aromatic nitrogens is 2. The molecule has 11 rings (SSSR count). The van der Waals surface area contributed by atoms with Gasteiger partial charge in [0.25, 0.3) is 0 Å². The second kappa shape index (κ2) is 14.1. The number of nitrogens with zero attached hydrogens (tertiary/aromatic N) is 2. The molecule has 2 nitrogen and oxygen atoms in total. The summed E-state index contributed by atoms with van der Waals surface area (Å²) in [6.45, 7) is 0. The molecule has 11 aromatic rings. The fourth-order valence-electron chi connectivity index (χ4n) is 8.59. The van der Waals surface area contributed by atoms with Crippen LogP contribution in [0.2, 0.25) is 0 Å². The molecule has 0 aliphatic carbocycles. The second-order valence-corrected chi connectivity index (χ2v) is 15.0. The molecule has 0 saturated heterocycles. The maximum absolute atomic E-state index is 5.38. The molecule has 1 aromatic heterocycles. The summed E-state index contributed by atoms with van der Waals surface area (Å²) in [5.41, 5.74) is 13.1. The highest BCUT2D eigenvalue weighted by atomic mass is 14.9. The molecule has 0 fully saturated rings. The van der Waals surface area contributed by atoms with Gasteiger partial charge in [-0.25, -0.2) is 9.97 Å². The van der Waals surface area contributed by atoms with Crippen molar-refractivity contribution in [3.63, 3.8) is 0 Å². The SMILES string of the molecule is c1ccc(-c2cc(-c3ccccc3)cc(-c3nc(-c4cccc(-c5cccc(-c6ccc7c8ccccc8c8ccccc8c7c6)c5)c4)nc4ccccc34)c2)cc1. The Hall–Kier alpha value is -7.68. The molecule has 0 unspecified atom stereocenters. The molecule has 0 saturated carbocycles. The first-order chi connectivity index (χ1) is 28.7. The van der Waals surface area contributed by atoms with E-state index in [1.54, 1.807) is 0 Å². The van der Waals surface area contributed by atoms with Gasteiger partial charge in [0.1, 0.15) is 0 Å². The van der Waals surface area contributed by atoms with Gasteiger partial charge in [-0.2, -0.15) is 0 Å². The van der Waals surface area contributed by atoms with E-state index in [1.165, 1.54) is 54.6 Å². The standard InChI is InChI=1S/C56H36N2/c1-3-15-37(16-4-1)44-33-45(38-17-5-2-6-18-38)35-46(34-44)55-52-27-11-12-28-54(52)57-56(58-55)43-22-14-21-41(32-43)39-19-13-20-40(31-39)42-29-30-51-49-25-8-7-23-47(49)48-24-9-10-26-50(48)53(51)36-42/h1-36H. The van der Waals surface area contributed by atoms with Crippen LogP contribution >= 0.6 is 0 Å². The average Bonchev–Trinajstić information content (AvgIpc) is 3.31. The fraction of sp³-hybridized carbons (Fsp3) is 0. The van der Waals surface area contributed by atoms with E-state index < -0.39 is 0 Å².